The van der Waals surface area contributed by atoms with Crippen molar-refractivity contribution in [1.29, 1.82) is 0 Å². The van der Waals surface area contributed by atoms with Gasteiger partial charge in [0.05, 0.1) is 6.10 Å². The molecule has 0 aromatic heterocycles. The average molecular weight is 314 g/mol. The number of aliphatic hydroxyl groups excluding tert-OH is 1. The molecule has 0 heterocycles. The highest BCUT2D eigenvalue weighted by molar-refractivity contribution is 5.91. The van der Waals surface area contributed by atoms with Crippen LogP contribution in [0.3, 0.4) is 0 Å². The van der Waals surface area contributed by atoms with Crippen molar-refractivity contribution in [3.05, 3.63) is 24.3 Å². The molecule has 0 saturated heterocycles. The van der Waals surface area contributed by atoms with Crippen LogP contribution in [-0.4, -0.2) is 17.0 Å². The Morgan fingerprint density at radius 3 is 2.78 bits per heavy atom. The molecular formula is C21H30O2. The lowest BCUT2D eigenvalue weighted by molar-refractivity contribution is -0.131. The molecular weight excluding hydrogens is 284 g/mol. The van der Waals surface area contributed by atoms with Crippen molar-refractivity contribution >= 4 is 5.78 Å². The second kappa shape index (κ2) is 5.05. The lowest BCUT2D eigenvalue weighted by Gasteiger charge is -2.59. The minimum absolute atomic E-state index is 0.0455. The first kappa shape index (κ1) is 15.6. The average Bonchev–Trinajstić information content (AvgIpc) is 2.83. The maximum absolute atomic E-state index is 11.9. The van der Waals surface area contributed by atoms with Gasteiger partial charge in [0.2, 0.25) is 0 Å². The summed E-state index contributed by atoms with van der Waals surface area (Å²) in [5, 5.41) is 11.2. The van der Waals surface area contributed by atoms with Gasteiger partial charge in [0.15, 0.2) is 5.78 Å². The van der Waals surface area contributed by atoms with Gasteiger partial charge < -0.3 is 5.11 Å². The van der Waals surface area contributed by atoms with Crippen LogP contribution in [0.25, 0.3) is 0 Å². The lowest BCUT2D eigenvalue weighted by atomic mass is 9.46. The molecule has 4 rings (SSSR count). The van der Waals surface area contributed by atoms with Crippen LogP contribution in [0, 0.1) is 34.5 Å². The molecule has 7 atom stereocenters. The van der Waals surface area contributed by atoms with E-state index in [0.717, 1.165) is 31.6 Å². The molecule has 3 saturated carbocycles. The van der Waals surface area contributed by atoms with E-state index in [0.29, 0.717) is 30.0 Å². The smallest absolute Gasteiger partial charge is 0.155 e. The summed E-state index contributed by atoms with van der Waals surface area (Å²) in [5.74, 6) is 2.52. The Kier molecular flexibility index (Phi) is 3.43. The van der Waals surface area contributed by atoms with E-state index in [9.17, 15) is 9.90 Å². The zero-order valence-electron chi connectivity index (χ0n) is 14.6. The molecule has 3 fully saturated rings. The topological polar surface area (TPSA) is 37.3 Å². The molecule has 4 aliphatic carbocycles. The summed E-state index contributed by atoms with van der Waals surface area (Å²) < 4.78 is 0. The molecule has 4 aliphatic rings. The van der Waals surface area contributed by atoms with Crippen molar-refractivity contribution in [2.24, 2.45) is 34.5 Å². The number of aliphatic hydroxyl groups is 1. The van der Waals surface area contributed by atoms with Crippen molar-refractivity contribution in [3.8, 4) is 0 Å². The molecule has 0 spiro atoms. The first-order chi connectivity index (χ1) is 10.9. The van der Waals surface area contributed by atoms with Gasteiger partial charge in [-0.15, -0.1) is 6.58 Å². The molecule has 0 aromatic carbocycles. The van der Waals surface area contributed by atoms with E-state index >= 15 is 0 Å². The van der Waals surface area contributed by atoms with E-state index in [4.69, 9.17) is 0 Å². The Hall–Kier alpha value is -0.890. The van der Waals surface area contributed by atoms with Gasteiger partial charge >= 0.3 is 0 Å². The summed E-state index contributed by atoms with van der Waals surface area (Å²) in [6.07, 6.45) is 11.1. The van der Waals surface area contributed by atoms with E-state index in [2.05, 4.69) is 26.5 Å². The normalized spacial score (nSPS) is 52.2. The van der Waals surface area contributed by atoms with Crippen LogP contribution in [0.1, 0.15) is 58.8 Å². The number of fused-ring (bicyclic) bond motifs is 5. The lowest BCUT2D eigenvalue weighted by Crippen LogP contribution is -2.56. The Bertz CT molecular complexity index is 576. The maximum Gasteiger partial charge on any atom is 0.155 e. The molecule has 0 amide bonds. The highest BCUT2D eigenvalue weighted by Gasteiger charge is 2.61. The van der Waals surface area contributed by atoms with Gasteiger partial charge in [0, 0.05) is 6.42 Å². The third kappa shape index (κ3) is 2.00. The monoisotopic (exact) mass is 314 g/mol. The first-order valence-electron chi connectivity index (χ1n) is 9.44. The van der Waals surface area contributed by atoms with Crippen LogP contribution in [-0.2, 0) is 4.79 Å². The van der Waals surface area contributed by atoms with Crippen molar-refractivity contribution in [2.45, 2.75) is 64.9 Å². The summed E-state index contributed by atoms with van der Waals surface area (Å²) >= 11 is 0. The highest BCUT2D eigenvalue weighted by Crippen LogP contribution is 2.66. The quantitative estimate of drug-likeness (QED) is 0.733. The molecule has 126 valence electrons. The van der Waals surface area contributed by atoms with Crippen LogP contribution in [0.15, 0.2) is 24.3 Å². The molecule has 0 radical (unpaired) electrons. The number of allylic oxidation sites excluding steroid dienone is 2. The summed E-state index contributed by atoms with van der Waals surface area (Å²) in [5.41, 5.74) is 1.60. The number of carbonyl (C=O) groups excluding carboxylic acids is 1. The largest absolute Gasteiger partial charge is 0.393 e. The third-order valence-corrected chi connectivity index (χ3v) is 8.25. The van der Waals surface area contributed by atoms with E-state index in [1.807, 2.05) is 6.08 Å². The fraction of sp³-hybridized carbons (Fsp3) is 0.762. The Balaban J connectivity index is 1.73. The predicted octanol–water partition coefficient (Wildman–Crippen LogP) is 4.29. The number of ketones is 1. The zero-order valence-corrected chi connectivity index (χ0v) is 14.6. The van der Waals surface area contributed by atoms with Gasteiger partial charge in [-0.1, -0.05) is 25.5 Å². The van der Waals surface area contributed by atoms with Gasteiger partial charge in [-0.2, -0.15) is 0 Å². The molecule has 2 nitrogen and oxygen atoms in total. The van der Waals surface area contributed by atoms with Gasteiger partial charge in [-0.3, -0.25) is 4.79 Å². The molecule has 0 aliphatic heterocycles. The summed E-state index contributed by atoms with van der Waals surface area (Å²) in [6.45, 7) is 8.79. The second-order valence-electron chi connectivity index (χ2n) is 9.08. The Morgan fingerprint density at radius 1 is 1.26 bits per heavy atom. The van der Waals surface area contributed by atoms with Crippen LogP contribution in [0.2, 0.25) is 0 Å². The molecule has 3 unspecified atom stereocenters. The van der Waals surface area contributed by atoms with Gasteiger partial charge in [-0.05, 0) is 79.1 Å². The van der Waals surface area contributed by atoms with E-state index in [1.54, 1.807) is 0 Å². The molecule has 2 heteroatoms. The SMILES string of the molecule is C=C[C@H]1CCC2C3CCC4=CC(=O)CC[C@]4(C)C3[C@H](O)C[C@@]21C. The fourth-order valence-corrected chi connectivity index (χ4v) is 7.11. The number of rotatable bonds is 1. The molecule has 23 heavy (non-hydrogen) atoms. The summed E-state index contributed by atoms with van der Waals surface area (Å²) in [7, 11) is 0. The van der Waals surface area contributed by atoms with Crippen LogP contribution >= 0.6 is 0 Å². The highest BCUT2D eigenvalue weighted by atomic mass is 16.3. The zero-order chi connectivity index (χ0) is 16.4. The van der Waals surface area contributed by atoms with Crippen molar-refractivity contribution in [1.82, 2.24) is 0 Å². The van der Waals surface area contributed by atoms with Crippen molar-refractivity contribution in [3.63, 3.8) is 0 Å². The predicted molar refractivity (Wildman–Crippen MR) is 91.8 cm³/mol. The number of hydrogen-bond donors (Lipinski definition) is 1. The second-order valence-corrected chi connectivity index (χ2v) is 9.08. The van der Waals surface area contributed by atoms with Gasteiger partial charge in [0.1, 0.15) is 0 Å². The van der Waals surface area contributed by atoms with E-state index < -0.39 is 0 Å². The first-order valence-corrected chi connectivity index (χ1v) is 9.44. The minimum atomic E-state index is -0.233. The van der Waals surface area contributed by atoms with Crippen molar-refractivity contribution < 1.29 is 9.90 Å². The van der Waals surface area contributed by atoms with E-state index in [1.165, 1.54) is 18.4 Å². The van der Waals surface area contributed by atoms with Crippen molar-refractivity contribution in [2.75, 3.05) is 0 Å². The minimum Gasteiger partial charge on any atom is -0.393 e. The van der Waals surface area contributed by atoms with Crippen LogP contribution < -0.4 is 0 Å². The summed E-state index contributed by atoms with van der Waals surface area (Å²) in [6, 6.07) is 0. The number of carbonyl (C=O) groups is 1. The Labute approximate surface area is 140 Å². The standard InChI is InChI=1S/C21H30O2/c1-4-13-6-8-17-16-7-5-14-11-15(22)9-10-20(14,2)19(16)18(23)12-21(13,17)3/h4,11,13,16-19,23H,1,5-10,12H2,2-3H3/t13-,16?,17?,18+,19?,20-,21+/m0/s1. The van der Waals surface area contributed by atoms with E-state index in [-0.39, 0.29) is 16.9 Å². The van der Waals surface area contributed by atoms with Crippen LogP contribution in [0.5, 0.6) is 0 Å². The number of hydrogen-bond acceptors (Lipinski definition) is 2. The van der Waals surface area contributed by atoms with Crippen LogP contribution in [0.4, 0.5) is 0 Å². The molecule has 0 bridgehead atoms. The fourth-order valence-electron chi connectivity index (χ4n) is 7.11. The Morgan fingerprint density at radius 2 is 2.04 bits per heavy atom. The third-order valence-electron chi connectivity index (χ3n) is 8.25. The summed E-state index contributed by atoms with van der Waals surface area (Å²) in [4.78, 5) is 11.9. The maximum atomic E-state index is 11.9. The van der Waals surface area contributed by atoms with Gasteiger partial charge in [-0.25, -0.2) is 0 Å². The molecule has 0 aromatic rings. The molecule has 1 N–H and O–H groups in total. The van der Waals surface area contributed by atoms with Gasteiger partial charge in [0.25, 0.3) is 0 Å².